The fourth-order valence-electron chi connectivity index (χ4n) is 1.70. The highest BCUT2D eigenvalue weighted by molar-refractivity contribution is 7.92. The van der Waals surface area contributed by atoms with Crippen LogP contribution in [0.2, 0.25) is 5.02 Å². The van der Waals surface area contributed by atoms with Crippen LogP contribution in [0.5, 0.6) is 0 Å². The molecule has 2 rings (SSSR count). The highest BCUT2D eigenvalue weighted by atomic mass is 35.5. The SMILES string of the molecule is Cc1cc(C)nc(NS(=O)(=O)c2ccc(Cl)cc2)c1. The van der Waals surface area contributed by atoms with E-state index in [1.54, 1.807) is 6.07 Å². The molecule has 0 amide bonds. The lowest BCUT2D eigenvalue weighted by atomic mass is 10.2. The lowest BCUT2D eigenvalue weighted by Crippen LogP contribution is -2.14. The maximum atomic E-state index is 12.1. The summed E-state index contributed by atoms with van der Waals surface area (Å²) in [4.78, 5) is 4.30. The zero-order valence-corrected chi connectivity index (χ0v) is 12.1. The molecule has 0 aliphatic heterocycles. The number of halogens is 1. The van der Waals surface area contributed by atoms with Gasteiger partial charge in [-0.2, -0.15) is 0 Å². The Balaban J connectivity index is 2.33. The van der Waals surface area contributed by atoms with Gasteiger partial charge in [0.2, 0.25) is 0 Å². The third kappa shape index (κ3) is 3.45. The first-order valence-electron chi connectivity index (χ1n) is 5.60. The predicted octanol–water partition coefficient (Wildman–Crippen LogP) is 3.15. The van der Waals surface area contributed by atoms with Crippen LogP contribution < -0.4 is 4.72 Å². The van der Waals surface area contributed by atoms with Crippen molar-refractivity contribution in [2.45, 2.75) is 18.7 Å². The minimum Gasteiger partial charge on any atom is -0.263 e. The monoisotopic (exact) mass is 296 g/mol. The van der Waals surface area contributed by atoms with Crippen LogP contribution in [0, 0.1) is 13.8 Å². The Hall–Kier alpha value is -1.59. The van der Waals surface area contributed by atoms with Crippen molar-refractivity contribution in [3.05, 3.63) is 52.7 Å². The third-order valence-electron chi connectivity index (χ3n) is 2.46. The molecular weight excluding hydrogens is 284 g/mol. The van der Waals surface area contributed by atoms with E-state index in [9.17, 15) is 8.42 Å². The van der Waals surface area contributed by atoms with Crippen LogP contribution in [-0.2, 0) is 10.0 Å². The first-order valence-corrected chi connectivity index (χ1v) is 7.46. The molecule has 0 unspecified atom stereocenters. The largest absolute Gasteiger partial charge is 0.263 e. The molecule has 1 heterocycles. The Morgan fingerprint density at radius 2 is 1.74 bits per heavy atom. The van der Waals surface area contributed by atoms with E-state index in [0.717, 1.165) is 11.3 Å². The topological polar surface area (TPSA) is 59.1 Å². The summed E-state index contributed by atoms with van der Waals surface area (Å²) >= 11 is 5.74. The van der Waals surface area contributed by atoms with Gasteiger partial charge in [-0.25, -0.2) is 13.4 Å². The van der Waals surface area contributed by atoms with Crippen molar-refractivity contribution in [1.82, 2.24) is 4.98 Å². The summed E-state index contributed by atoms with van der Waals surface area (Å²) in [5.74, 6) is 0.312. The fourth-order valence-corrected chi connectivity index (χ4v) is 2.82. The summed E-state index contributed by atoms with van der Waals surface area (Å²) in [7, 11) is -3.63. The molecule has 19 heavy (non-hydrogen) atoms. The summed E-state index contributed by atoms with van der Waals surface area (Å²) in [6.07, 6.45) is 0. The summed E-state index contributed by atoms with van der Waals surface area (Å²) in [5, 5.41) is 0.489. The van der Waals surface area contributed by atoms with Crippen molar-refractivity contribution in [3.8, 4) is 0 Å². The molecule has 0 fully saturated rings. The number of anilines is 1. The maximum absolute atomic E-state index is 12.1. The fraction of sp³-hybridized carbons (Fsp3) is 0.154. The lowest BCUT2D eigenvalue weighted by Gasteiger charge is -2.08. The van der Waals surface area contributed by atoms with Crippen LogP contribution in [0.15, 0.2) is 41.3 Å². The van der Waals surface area contributed by atoms with Gasteiger partial charge in [-0.3, -0.25) is 4.72 Å². The Kier molecular flexibility index (Phi) is 3.78. The van der Waals surface area contributed by atoms with Crippen LogP contribution in [0.4, 0.5) is 5.82 Å². The van der Waals surface area contributed by atoms with Crippen LogP contribution in [0.1, 0.15) is 11.3 Å². The standard InChI is InChI=1S/C13H13ClN2O2S/c1-9-7-10(2)15-13(8-9)16-19(17,18)12-5-3-11(14)4-6-12/h3-8H,1-2H3,(H,15,16). The second-order valence-electron chi connectivity index (χ2n) is 4.23. The highest BCUT2D eigenvalue weighted by Gasteiger charge is 2.14. The molecule has 1 aromatic carbocycles. The normalized spacial score (nSPS) is 11.3. The Morgan fingerprint density at radius 1 is 1.11 bits per heavy atom. The van der Waals surface area contributed by atoms with E-state index < -0.39 is 10.0 Å². The van der Waals surface area contributed by atoms with E-state index >= 15 is 0 Å². The molecule has 4 nitrogen and oxygen atoms in total. The lowest BCUT2D eigenvalue weighted by molar-refractivity contribution is 0.601. The molecule has 100 valence electrons. The molecule has 0 bridgehead atoms. The van der Waals surface area contributed by atoms with E-state index in [1.807, 2.05) is 19.9 Å². The predicted molar refractivity (Wildman–Crippen MR) is 76.0 cm³/mol. The van der Waals surface area contributed by atoms with Crippen molar-refractivity contribution in [2.75, 3.05) is 4.72 Å². The van der Waals surface area contributed by atoms with Gasteiger partial charge in [-0.1, -0.05) is 11.6 Å². The van der Waals surface area contributed by atoms with Gasteiger partial charge in [0.25, 0.3) is 10.0 Å². The quantitative estimate of drug-likeness (QED) is 0.946. The molecule has 0 saturated heterocycles. The van der Waals surface area contributed by atoms with Crippen molar-refractivity contribution in [3.63, 3.8) is 0 Å². The van der Waals surface area contributed by atoms with E-state index in [1.165, 1.54) is 24.3 Å². The summed E-state index contributed by atoms with van der Waals surface area (Å²) < 4.78 is 26.7. The first-order chi connectivity index (χ1) is 8.87. The molecular formula is C13H13ClN2O2S. The summed E-state index contributed by atoms with van der Waals surface area (Å²) in [5.41, 5.74) is 1.70. The first kappa shape index (κ1) is 13.8. The van der Waals surface area contributed by atoms with Gasteiger partial charge in [-0.05, 0) is 55.8 Å². The summed E-state index contributed by atoms with van der Waals surface area (Å²) in [6, 6.07) is 9.53. The van der Waals surface area contributed by atoms with Gasteiger partial charge < -0.3 is 0 Å². The average molecular weight is 297 g/mol. The molecule has 0 saturated carbocycles. The van der Waals surface area contributed by atoms with Crippen molar-refractivity contribution in [2.24, 2.45) is 0 Å². The number of pyridine rings is 1. The Bertz CT molecular complexity index is 677. The number of aromatic nitrogens is 1. The number of aryl methyl sites for hydroxylation is 2. The molecule has 6 heteroatoms. The van der Waals surface area contributed by atoms with Gasteiger partial charge in [0.15, 0.2) is 0 Å². The maximum Gasteiger partial charge on any atom is 0.263 e. The van der Waals surface area contributed by atoms with Crippen LogP contribution in [0.3, 0.4) is 0 Å². The molecule has 2 aromatic rings. The second-order valence-corrected chi connectivity index (χ2v) is 6.35. The minimum atomic E-state index is -3.63. The van der Waals surface area contributed by atoms with Crippen LogP contribution >= 0.6 is 11.6 Å². The smallest absolute Gasteiger partial charge is 0.263 e. The van der Waals surface area contributed by atoms with Crippen molar-refractivity contribution in [1.29, 1.82) is 0 Å². The van der Waals surface area contributed by atoms with E-state index in [2.05, 4.69) is 9.71 Å². The zero-order valence-electron chi connectivity index (χ0n) is 10.5. The van der Waals surface area contributed by atoms with Gasteiger partial charge in [0.1, 0.15) is 5.82 Å². The van der Waals surface area contributed by atoms with Crippen molar-refractivity contribution < 1.29 is 8.42 Å². The van der Waals surface area contributed by atoms with Gasteiger partial charge in [-0.15, -0.1) is 0 Å². The Morgan fingerprint density at radius 3 is 2.32 bits per heavy atom. The molecule has 0 radical (unpaired) electrons. The van der Waals surface area contributed by atoms with Crippen LogP contribution in [0.25, 0.3) is 0 Å². The number of nitrogens with zero attached hydrogens (tertiary/aromatic N) is 1. The number of hydrogen-bond donors (Lipinski definition) is 1. The average Bonchev–Trinajstić information content (AvgIpc) is 2.27. The van der Waals surface area contributed by atoms with Gasteiger partial charge in [0.05, 0.1) is 4.90 Å². The number of benzene rings is 1. The Labute approximate surface area is 117 Å². The minimum absolute atomic E-state index is 0.151. The van der Waals surface area contributed by atoms with Crippen LogP contribution in [-0.4, -0.2) is 13.4 Å². The molecule has 0 aliphatic rings. The summed E-state index contributed by atoms with van der Waals surface area (Å²) in [6.45, 7) is 3.70. The zero-order chi connectivity index (χ0) is 14.0. The molecule has 0 atom stereocenters. The van der Waals surface area contributed by atoms with Gasteiger partial charge >= 0.3 is 0 Å². The third-order valence-corrected chi connectivity index (χ3v) is 4.08. The van der Waals surface area contributed by atoms with Crippen molar-refractivity contribution >= 4 is 27.4 Å². The number of nitrogens with one attached hydrogen (secondary N) is 1. The molecule has 1 N–H and O–H groups in total. The molecule has 1 aromatic heterocycles. The second kappa shape index (κ2) is 5.19. The molecule has 0 aliphatic carbocycles. The number of sulfonamides is 1. The number of hydrogen-bond acceptors (Lipinski definition) is 3. The number of rotatable bonds is 3. The van der Waals surface area contributed by atoms with Gasteiger partial charge in [0, 0.05) is 10.7 Å². The highest BCUT2D eigenvalue weighted by Crippen LogP contribution is 2.18. The molecule has 0 spiro atoms. The van der Waals surface area contributed by atoms with E-state index in [0.29, 0.717) is 10.8 Å². The van der Waals surface area contributed by atoms with E-state index in [4.69, 9.17) is 11.6 Å². The van der Waals surface area contributed by atoms with E-state index in [-0.39, 0.29) is 4.90 Å².